The SMILES string of the molecule is CCC(CC)CNc1ccc(C#N)c2ccccc12. The maximum atomic E-state index is 9.15. The maximum Gasteiger partial charge on any atom is 0.0998 e. The summed E-state index contributed by atoms with van der Waals surface area (Å²) in [6.45, 7) is 5.45. The van der Waals surface area contributed by atoms with Crippen LogP contribution in [0.2, 0.25) is 0 Å². The van der Waals surface area contributed by atoms with Crippen molar-refractivity contribution in [1.82, 2.24) is 0 Å². The second-order valence-electron chi connectivity index (χ2n) is 4.88. The summed E-state index contributed by atoms with van der Waals surface area (Å²) in [6.07, 6.45) is 2.38. The summed E-state index contributed by atoms with van der Waals surface area (Å²) in [7, 11) is 0. The highest BCUT2D eigenvalue weighted by Crippen LogP contribution is 2.26. The smallest absolute Gasteiger partial charge is 0.0998 e. The minimum atomic E-state index is 0.703. The van der Waals surface area contributed by atoms with E-state index in [0.29, 0.717) is 5.92 Å². The van der Waals surface area contributed by atoms with Gasteiger partial charge in [-0.2, -0.15) is 5.26 Å². The van der Waals surface area contributed by atoms with Gasteiger partial charge in [-0.05, 0) is 18.1 Å². The fourth-order valence-electron chi connectivity index (χ4n) is 2.38. The number of nitriles is 1. The lowest BCUT2D eigenvalue weighted by atomic mass is 10.0. The zero-order chi connectivity index (χ0) is 13.7. The van der Waals surface area contributed by atoms with Crippen LogP contribution in [0.4, 0.5) is 5.69 Å². The van der Waals surface area contributed by atoms with Gasteiger partial charge in [0.25, 0.3) is 0 Å². The van der Waals surface area contributed by atoms with E-state index in [2.05, 4.69) is 31.3 Å². The highest BCUT2D eigenvalue weighted by Gasteiger charge is 2.07. The van der Waals surface area contributed by atoms with E-state index in [1.54, 1.807) is 0 Å². The molecule has 0 bridgehead atoms. The van der Waals surface area contributed by atoms with Crippen molar-refractivity contribution in [3.05, 3.63) is 42.0 Å². The van der Waals surface area contributed by atoms with E-state index < -0.39 is 0 Å². The molecule has 0 radical (unpaired) electrons. The van der Waals surface area contributed by atoms with Gasteiger partial charge < -0.3 is 5.32 Å². The molecule has 0 aliphatic carbocycles. The van der Waals surface area contributed by atoms with Crippen LogP contribution in [0.15, 0.2) is 36.4 Å². The van der Waals surface area contributed by atoms with E-state index in [1.807, 2.05) is 30.3 Å². The van der Waals surface area contributed by atoms with Crippen LogP contribution >= 0.6 is 0 Å². The van der Waals surface area contributed by atoms with Crippen molar-refractivity contribution < 1.29 is 0 Å². The fraction of sp³-hybridized carbons (Fsp3) is 0.353. The molecule has 0 heterocycles. The quantitative estimate of drug-likeness (QED) is 0.846. The Balaban J connectivity index is 2.32. The van der Waals surface area contributed by atoms with Gasteiger partial charge in [0.15, 0.2) is 0 Å². The molecule has 0 aliphatic heterocycles. The Kier molecular flexibility index (Phi) is 4.41. The monoisotopic (exact) mass is 252 g/mol. The molecule has 19 heavy (non-hydrogen) atoms. The van der Waals surface area contributed by atoms with Gasteiger partial charge >= 0.3 is 0 Å². The molecule has 0 spiro atoms. The fourth-order valence-corrected chi connectivity index (χ4v) is 2.38. The minimum Gasteiger partial charge on any atom is -0.384 e. The van der Waals surface area contributed by atoms with Crippen molar-refractivity contribution in [1.29, 1.82) is 5.26 Å². The Bertz CT molecular complexity index is 592. The third-order valence-electron chi connectivity index (χ3n) is 3.78. The zero-order valence-corrected chi connectivity index (χ0v) is 11.6. The molecule has 2 nitrogen and oxygen atoms in total. The Hall–Kier alpha value is -2.01. The van der Waals surface area contributed by atoms with Crippen molar-refractivity contribution >= 4 is 16.5 Å². The largest absolute Gasteiger partial charge is 0.384 e. The molecule has 1 N–H and O–H groups in total. The van der Waals surface area contributed by atoms with Crippen LogP contribution in [0.3, 0.4) is 0 Å². The Morgan fingerprint density at radius 1 is 1.05 bits per heavy atom. The first-order valence-corrected chi connectivity index (χ1v) is 6.95. The lowest BCUT2D eigenvalue weighted by Gasteiger charge is -2.16. The van der Waals surface area contributed by atoms with Gasteiger partial charge in [-0.3, -0.25) is 0 Å². The van der Waals surface area contributed by atoms with E-state index in [-0.39, 0.29) is 0 Å². The molecular weight excluding hydrogens is 232 g/mol. The lowest BCUT2D eigenvalue weighted by Crippen LogP contribution is -2.12. The summed E-state index contributed by atoms with van der Waals surface area (Å²) >= 11 is 0. The van der Waals surface area contributed by atoms with Gasteiger partial charge in [-0.1, -0.05) is 51.0 Å². The van der Waals surface area contributed by atoms with Crippen LogP contribution < -0.4 is 5.32 Å². The maximum absolute atomic E-state index is 9.15. The van der Waals surface area contributed by atoms with Crippen LogP contribution in [0.1, 0.15) is 32.3 Å². The van der Waals surface area contributed by atoms with E-state index >= 15 is 0 Å². The van der Waals surface area contributed by atoms with Crippen LogP contribution in [0.5, 0.6) is 0 Å². The summed E-state index contributed by atoms with van der Waals surface area (Å²) in [5.41, 5.74) is 1.87. The van der Waals surface area contributed by atoms with E-state index in [1.165, 1.54) is 12.8 Å². The lowest BCUT2D eigenvalue weighted by molar-refractivity contribution is 0.519. The zero-order valence-electron chi connectivity index (χ0n) is 11.6. The summed E-state index contributed by atoms with van der Waals surface area (Å²) in [5, 5.41) is 14.8. The first kappa shape index (κ1) is 13.4. The molecule has 0 amide bonds. The molecule has 2 heteroatoms. The minimum absolute atomic E-state index is 0.703. The van der Waals surface area contributed by atoms with E-state index in [4.69, 9.17) is 5.26 Å². The first-order chi connectivity index (χ1) is 9.30. The molecule has 0 fully saturated rings. The summed E-state index contributed by atoms with van der Waals surface area (Å²) in [4.78, 5) is 0. The Morgan fingerprint density at radius 3 is 2.37 bits per heavy atom. The predicted molar refractivity (Wildman–Crippen MR) is 81.2 cm³/mol. The number of nitrogens with one attached hydrogen (secondary N) is 1. The van der Waals surface area contributed by atoms with Crippen LogP contribution in [0, 0.1) is 17.2 Å². The predicted octanol–water partition coefficient (Wildman–Crippen LogP) is 4.56. The van der Waals surface area contributed by atoms with Crippen molar-refractivity contribution in [2.75, 3.05) is 11.9 Å². The second kappa shape index (κ2) is 6.24. The number of nitrogens with zero attached hydrogens (tertiary/aromatic N) is 1. The van der Waals surface area contributed by atoms with Gasteiger partial charge in [-0.15, -0.1) is 0 Å². The summed E-state index contributed by atoms with van der Waals surface area (Å²) in [5.74, 6) is 0.703. The number of fused-ring (bicyclic) bond motifs is 1. The highest BCUT2D eigenvalue weighted by molar-refractivity contribution is 5.97. The Labute approximate surface area is 115 Å². The topological polar surface area (TPSA) is 35.8 Å². The van der Waals surface area contributed by atoms with Gasteiger partial charge in [0, 0.05) is 23.0 Å². The van der Waals surface area contributed by atoms with Crippen molar-refractivity contribution in [2.24, 2.45) is 5.92 Å². The highest BCUT2D eigenvalue weighted by atomic mass is 14.9. The molecule has 0 aromatic heterocycles. The molecule has 0 aliphatic rings. The van der Waals surface area contributed by atoms with Crippen molar-refractivity contribution in [2.45, 2.75) is 26.7 Å². The second-order valence-corrected chi connectivity index (χ2v) is 4.88. The molecule has 2 aromatic carbocycles. The molecule has 0 saturated carbocycles. The van der Waals surface area contributed by atoms with Crippen molar-refractivity contribution in [3.8, 4) is 6.07 Å². The van der Waals surface area contributed by atoms with Crippen LogP contribution in [-0.4, -0.2) is 6.54 Å². The average Bonchev–Trinajstić information content (AvgIpc) is 2.48. The summed E-state index contributed by atoms with van der Waals surface area (Å²) in [6, 6.07) is 14.3. The standard InChI is InChI=1S/C17H20N2/c1-3-13(4-2)12-19-17-10-9-14(11-18)15-7-5-6-8-16(15)17/h5-10,13,19H,3-4,12H2,1-2H3. The number of benzene rings is 2. The molecule has 2 aromatic rings. The summed E-state index contributed by atoms with van der Waals surface area (Å²) < 4.78 is 0. The normalized spacial score (nSPS) is 10.6. The van der Waals surface area contributed by atoms with Gasteiger partial charge in [0.05, 0.1) is 11.6 Å². The average molecular weight is 252 g/mol. The third kappa shape index (κ3) is 2.88. The molecule has 2 rings (SSSR count). The number of anilines is 1. The van der Waals surface area contributed by atoms with Gasteiger partial charge in [0.1, 0.15) is 0 Å². The molecule has 0 saturated heterocycles. The molecular formula is C17H20N2. The molecule has 0 unspecified atom stereocenters. The van der Waals surface area contributed by atoms with Crippen LogP contribution in [-0.2, 0) is 0 Å². The van der Waals surface area contributed by atoms with Crippen molar-refractivity contribution in [3.63, 3.8) is 0 Å². The molecule has 0 atom stereocenters. The number of hydrogen-bond acceptors (Lipinski definition) is 2. The molecule has 98 valence electrons. The first-order valence-electron chi connectivity index (χ1n) is 6.95. The number of hydrogen-bond donors (Lipinski definition) is 1. The van der Waals surface area contributed by atoms with Gasteiger partial charge in [0.2, 0.25) is 0 Å². The van der Waals surface area contributed by atoms with Crippen LogP contribution in [0.25, 0.3) is 10.8 Å². The van der Waals surface area contributed by atoms with Gasteiger partial charge in [-0.25, -0.2) is 0 Å². The third-order valence-corrected chi connectivity index (χ3v) is 3.78. The number of rotatable bonds is 5. The Morgan fingerprint density at radius 2 is 1.74 bits per heavy atom. The van der Waals surface area contributed by atoms with E-state index in [0.717, 1.165) is 28.6 Å². The van der Waals surface area contributed by atoms with E-state index in [9.17, 15) is 0 Å².